The summed E-state index contributed by atoms with van der Waals surface area (Å²) in [4.78, 5) is 49.2. The largest absolute Gasteiger partial charge is 0.497 e. The number of benzene rings is 3. The second-order valence-electron chi connectivity index (χ2n) is 7.79. The average molecular weight is 473 g/mol. The summed E-state index contributed by atoms with van der Waals surface area (Å²) in [6, 6.07) is 19.1. The van der Waals surface area contributed by atoms with Crippen molar-refractivity contribution < 1.29 is 28.7 Å². The Bertz CT molecular complexity index is 1250. The van der Waals surface area contributed by atoms with Crippen molar-refractivity contribution >= 4 is 40.6 Å². The van der Waals surface area contributed by atoms with Gasteiger partial charge in [0, 0.05) is 11.3 Å². The standard InChI is InChI=1S/C26H23N3O6/c1-34-19-12-8-16(9-13-19)23(30)15-35-26(33)17-6-10-18(11-7-17)27-24(31)14-22-25(32)29-21-5-3-2-4-20(21)28-22/h2-13,22,28H,14-15H2,1H3,(H,27,31)(H,29,32). The molecule has 2 amide bonds. The molecule has 0 fully saturated rings. The average Bonchev–Trinajstić information content (AvgIpc) is 2.88. The molecule has 0 bridgehead atoms. The van der Waals surface area contributed by atoms with Crippen LogP contribution in [0.3, 0.4) is 0 Å². The number of anilines is 3. The summed E-state index contributed by atoms with van der Waals surface area (Å²) in [7, 11) is 1.53. The number of carbonyl (C=O) groups excluding carboxylic acids is 4. The zero-order valence-electron chi connectivity index (χ0n) is 18.9. The third kappa shape index (κ3) is 5.83. The van der Waals surface area contributed by atoms with E-state index in [1.807, 2.05) is 18.2 Å². The Balaban J connectivity index is 1.27. The molecule has 35 heavy (non-hydrogen) atoms. The Hall–Kier alpha value is -4.66. The molecular formula is C26H23N3O6. The molecule has 9 nitrogen and oxygen atoms in total. The molecule has 0 aliphatic carbocycles. The van der Waals surface area contributed by atoms with E-state index in [0.717, 1.165) is 5.69 Å². The maximum Gasteiger partial charge on any atom is 0.338 e. The van der Waals surface area contributed by atoms with Crippen LogP contribution in [-0.4, -0.2) is 43.3 Å². The molecule has 1 heterocycles. The summed E-state index contributed by atoms with van der Waals surface area (Å²) in [6.07, 6.45) is -0.0720. The van der Waals surface area contributed by atoms with Gasteiger partial charge >= 0.3 is 5.97 Å². The molecule has 3 aromatic carbocycles. The summed E-state index contributed by atoms with van der Waals surface area (Å²) in [5.74, 6) is -1.03. The molecule has 1 unspecified atom stereocenters. The van der Waals surface area contributed by atoms with Gasteiger partial charge in [0.15, 0.2) is 12.4 Å². The van der Waals surface area contributed by atoms with Gasteiger partial charge in [-0.1, -0.05) is 12.1 Å². The number of carbonyl (C=O) groups is 4. The zero-order valence-corrected chi connectivity index (χ0v) is 18.9. The van der Waals surface area contributed by atoms with Crippen molar-refractivity contribution in [3.8, 4) is 5.75 Å². The molecule has 3 N–H and O–H groups in total. The second-order valence-corrected chi connectivity index (χ2v) is 7.79. The molecule has 9 heteroatoms. The van der Waals surface area contributed by atoms with Crippen LogP contribution in [0.2, 0.25) is 0 Å². The van der Waals surface area contributed by atoms with Crippen molar-refractivity contribution in [2.75, 3.05) is 29.7 Å². The molecule has 0 saturated heterocycles. The van der Waals surface area contributed by atoms with Crippen molar-refractivity contribution in [2.45, 2.75) is 12.5 Å². The molecular weight excluding hydrogens is 450 g/mol. The normalized spacial score (nSPS) is 14.1. The van der Waals surface area contributed by atoms with Crippen molar-refractivity contribution in [1.29, 1.82) is 0 Å². The highest BCUT2D eigenvalue weighted by Gasteiger charge is 2.27. The number of hydrogen-bond acceptors (Lipinski definition) is 7. The molecule has 1 atom stereocenters. The van der Waals surface area contributed by atoms with E-state index >= 15 is 0 Å². The van der Waals surface area contributed by atoms with E-state index in [-0.39, 0.29) is 29.6 Å². The van der Waals surface area contributed by atoms with E-state index < -0.39 is 18.6 Å². The number of hydrogen-bond donors (Lipinski definition) is 3. The fraction of sp³-hybridized carbons (Fsp3) is 0.154. The van der Waals surface area contributed by atoms with Crippen LogP contribution in [0.5, 0.6) is 5.75 Å². The van der Waals surface area contributed by atoms with Gasteiger partial charge < -0.3 is 25.4 Å². The minimum Gasteiger partial charge on any atom is -0.497 e. The van der Waals surface area contributed by atoms with Gasteiger partial charge in [-0.15, -0.1) is 0 Å². The topological polar surface area (TPSA) is 123 Å². The van der Waals surface area contributed by atoms with E-state index in [1.165, 1.54) is 19.2 Å². The maximum atomic E-state index is 12.4. The number of esters is 1. The first-order valence-electron chi connectivity index (χ1n) is 10.8. The SMILES string of the molecule is COc1ccc(C(=O)COC(=O)c2ccc(NC(=O)CC3Nc4ccccc4NC3=O)cc2)cc1. The van der Waals surface area contributed by atoms with Crippen molar-refractivity contribution in [1.82, 2.24) is 0 Å². The van der Waals surface area contributed by atoms with Crippen LogP contribution in [0.25, 0.3) is 0 Å². The number of amides is 2. The summed E-state index contributed by atoms with van der Waals surface area (Å²) >= 11 is 0. The van der Waals surface area contributed by atoms with Crippen LogP contribution in [0.15, 0.2) is 72.8 Å². The maximum absolute atomic E-state index is 12.4. The molecule has 0 radical (unpaired) electrons. The van der Waals surface area contributed by atoms with E-state index in [4.69, 9.17) is 9.47 Å². The molecule has 0 saturated carbocycles. The van der Waals surface area contributed by atoms with Crippen molar-refractivity contribution in [3.05, 3.63) is 83.9 Å². The van der Waals surface area contributed by atoms with Crippen LogP contribution in [-0.2, 0) is 14.3 Å². The quantitative estimate of drug-likeness (QED) is 0.338. The van der Waals surface area contributed by atoms with Gasteiger partial charge in [-0.05, 0) is 60.7 Å². The summed E-state index contributed by atoms with van der Waals surface area (Å²) in [5, 5.41) is 8.54. The van der Waals surface area contributed by atoms with Gasteiger partial charge in [-0.3, -0.25) is 14.4 Å². The highest BCUT2D eigenvalue weighted by atomic mass is 16.5. The summed E-state index contributed by atoms with van der Waals surface area (Å²) < 4.78 is 10.2. The fourth-order valence-electron chi connectivity index (χ4n) is 3.50. The van der Waals surface area contributed by atoms with Crippen LogP contribution in [0, 0.1) is 0 Å². The van der Waals surface area contributed by atoms with Gasteiger partial charge in [0.2, 0.25) is 11.8 Å². The Morgan fingerprint density at radius 3 is 2.23 bits per heavy atom. The minimum absolute atomic E-state index is 0.0720. The van der Waals surface area contributed by atoms with E-state index in [2.05, 4.69) is 16.0 Å². The number of Topliss-reactive ketones (excluding diaryl/α,β-unsaturated/α-hetero) is 1. The summed E-state index contributed by atoms with van der Waals surface area (Å²) in [5.41, 5.74) is 2.51. The van der Waals surface area contributed by atoms with Gasteiger partial charge in [0.25, 0.3) is 0 Å². The first kappa shape index (κ1) is 23.5. The van der Waals surface area contributed by atoms with E-state index in [9.17, 15) is 19.2 Å². The number of para-hydroxylation sites is 2. The van der Waals surface area contributed by atoms with Gasteiger partial charge in [0.1, 0.15) is 11.8 Å². The Kier molecular flexibility index (Phi) is 7.06. The van der Waals surface area contributed by atoms with Crippen LogP contribution < -0.4 is 20.7 Å². The second kappa shape index (κ2) is 10.5. The van der Waals surface area contributed by atoms with Crippen molar-refractivity contribution in [3.63, 3.8) is 0 Å². The Labute approximate surface area is 201 Å². The lowest BCUT2D eigenvalue weighted by Crippen LogP contribution is -2.41. The van der Waals surface area contributed by atoms with E-state index in [0.29, 0.717) is 22.7 Å². The van der Waals surface area contributed by atoms with Gasteiger partial charge in [-0.25, -0.2) is 4.79 Å². The highest BCUT2D eigenvalue weighted by molar-refractivity contribution is 6.06. The number of fused-ring (bicyclic) bond motifs is 1. The predicted molar refractivity (Wildman–Crippen MR) is 130 cm³/mol. The minimum atomic E-state index is -0.706. The lowest BCUT2D eigenvalue weighted by atomic mass is 10.1. The van der Waals surface area contributed by atoms with Crippen LogP contribution in [0.4, 0.5) is 17.1 Å². The van der Waals surface area contributed by atoms with E-state index in [1.54, 1.807) is 42.5 Å². The molecule has 0 aromatic heterocycles. The first-order chi connectivity index (χ1) is 16.9. The molecule has 178 valence electrons. The molecule has 4 rings (SSSR count). The smallest absolute Gasteiger partial charge is 0.338 e. The summed E-state index contributed by atoms with van der Waals surface area (Å²) in [6.45, 7) is -0.400. The number of methoxy groups -OCH3 is 1. The fourth-order valence-corrected chi connectivity index (χ4v) is 3.50. The number of nitrogens with one attached hydrogen (secondary N) is 3. The van der Waals surface area contributed by atoms with Crippen LogP contribution in [0.1, 0.15) is 27.1 Å². The molecule has 1 aliphatic heterocycles. The number of rotatable bonds is 8. The highest BCUT2D eigenvalue weighted by Crippen LogP contribution is 2.26. The first-order valence-corrected chi connectivity index (χ1v) is 10.8. The van der Waals surface area contributed by atoms with Gasteiger partial charge in [0.05, 0.1) is 30.5 Å². The third-order valence-electron chi connectivity index (χ3n) is 5.37. The number of ketones is 1. The lowest BCUT2D eigenvalue weighted by Gasteiger charge is -2.26. The Morgan fingerprint density at radius 1 is 0.886 bits per heavy atom. The van der Waals surface area contributed by atoms with Crippen LogP contribution >= 0.6 is 0 Å². The van der Waals surface area contributed by atoms with Crippen molar-refractivity contribution in [2.24, 2.45) is 0 Å². The molecule has 3 aromatic rings. The zero-order chi connectivity index (χ0) is 24.8. The predicted octanol–water partition coefficient (Wildman–Crippen LogP) is 3.50. The molecule has 0 spiro atoms. The monoisotopic (exact) mass is 473 g/mol. The Morgan fingerprint density at radius 2 is 1.54 bits per heavy atom. The molecule has 1 aliphatic rings. The lowest BCUT2D eigenvalue weighted by molar-refractivity contribution is -0.122. The van der Waals surface area contributed by atoms with Gasteiger partial charge in [-0.2, -0.15) is 0 Å². The third-order valence-corrected chi connectivity index (χ3v) is 5.37. The number of ether oxygens (including phenoxy) is 2.